The molecule has 0 fully saturated rings. The van der Waals surface area contributed by atoms with Gasteiger partial charge >= 0.3 is 0 Å². The second-order valence-electron chi connectivity index (χ2n) is 1.86. The number of carbonyl (C=O) groups is 1. The largest absolute Gasteiger partial charge is 0.368 e. The van der Waals surface area contributed by atoms with E-state index in [0.29, 0.717) is 0 Å². The Morgan fingerprint density at radius 3 is 2.18 bits per heavy atom. The molecule has 0 saturated heterocycles. The van der Waals surface area contributed by atoms with Gasteiger partial charge in [0, 0.05) is 24.7 Å². The van der Waals surface area contributed by atoms with E-state index in [4.69, 9.17) is 0 Å². The molecule has 56 valence electrons. The average molecular weight is 148 g/mol. The van der Waals surface area contributed by atoms with E-state index in [1.54, 1.807) is 6.08 Å². The number of allylic oxidation sites excluding steroid dienone is 1. The molecule has 0 unspecified atom stereocenters. The number of hydrogen-bond donors (Lipinski definition) is 1. The maximum absolute atomic E-state index is 9.96. The first-order valence-electron chi connectivity index (χ1n) is 3.22. The maximum Gasteiger partial charge on any atom is 0.269 e. The van der Waals surface area contributed by atoms with Crippen molar-refractivity contribution < 1.29 is 4.79 Å². The topological polar surface area (TPSA) is 45.2 Å². The lowest BCUT2D eigenvalue weighted by atomic mass is 10.6. The molecule has 3 nitrogen and oxygen atoms in total. The molecule has 1 aromatic rings. The molecular weight excluding hydrogens is 140 g/mol. The zero-order chi connectivity index (χ0) is 7.94. The van der Waals surface area contributed by atoms with E-state index in [1.165, 1.54) is 12.3 Å². The number of aliphatic imine (C=N–C) groups is 1. The minimum absolute atomic E-state index is 0.157. The molecule has 1 N–H and O–H groups in total. The minimum Gasteiger partial charge on any atom is -0.368 e. The second-order valence-corrected chi connectivity index (χ2v) is 1.86. The SMILES string of the molecule is O=C1C=CC=N1.c1cc[nH]c1. The summed E-state index contributed by atoms with van der Waals surface area (Å²) in [5.74, 6) is -0.157. The van der Waals surface area contributed by atoms with Crippen molar-refractivity contribution in [3.63, 3.8) is 0 Å². The number of aromatic nitrogens is 1. The van der Waals surface area contributed by atoms with Gasteiger partial charge in [0.05, 0.1) is 0 Å². The molecule has 0 saturated carbocycles. The van der Waals surface area contributed by atoms with Gasteiger partial charge in [0.15, 0.2) is 0 Å². The highest BCUT2D eigenvalue weighted by atomic mass is 16.1. The van der Waals surface area contributed by atoms with Crippen molar-refractivity contribution in [2.75, 3.05) is 0 Å². The summed E-state index contributed by atoms with van der Waals surface area (Å²) in [6, 6.07) is 3.89. The fourth-order valence-corrected chi connectivity index (χ4v) is 0.563. The highest BCUT2D eigenvalue weighted by Gasteiger charge is 1.90. The minimum atomic E-state index is -0.157. The Kier molecular flexibility index (Phi) is 2.86. The summed E-state index contributed by atoms with van der Waals surface area (Å²) in [4.78, 5) is 16.2. The molecule has 3 heteroatoms. The third-order valence-corrected chi connectivity index (χ3v) is 1.02. The summed E-state index contributed by atoms with van der Waals surface area (Å²) in [6.45, 7) is 0. The summed E-state index contributed by atoms with van der Waals surface area (Å²) >= 11 is 0. The zero-order valence-corrected chi connectivity index (χ0v) is 5.90. The lowest BCUT2D eigenvalue weighted by Crippen LogP contribution is -1.75. The normalized spacial score (nSPS) is 12.9. The second kappa shape index (κ2) is 4.22. The quantitative estimate of drug-likeness (QED) is 0.589. The third-order valence-electron chi connectivity index (χ3n) is 1.02. The molecule has 11 heavy (non-hydrogen) atoms. The number of hydrogen-bond acceptors (Lipinski definition) is 1. The van der Waals surface area contributed by atoms with Crippen LogP contribution in [0.1, 0.15) is 0 Å². The van der Waals surface area contributed by atoms with Gasteiger partial charge < -0.3 is 4.98 Å². The van der Waals surface area contributed by atoms with Gasteiger partial charge in [0.25, 0.3) is 5.91 Å². The summed E-state index contributed by atoms with van der Waals surface area (Å²) in [5, 5.41) is 0. The van der Waals surface area contributed by atoms with Crippen molar-refractivity contribution in [3.8, 4) is 0 Å². The Morgan fingerprint density at radius 1 is 1.27 bits per heavy atom. The number of rotatable bonds is 0. The summed E-state index contributed by atoms with van der Waals surface area (Å²) in [6.07, 6.45) is 8.25. The van der Waals surface area contributed by atoms with Crippen LogP contribution in [-0.2, 0) is 4.79 Å². The Balaban J connectivity index is 0.000000112. The van der Waals surface area contributed by atoms with Gasteiger partial charge in [0.1, 0.15) is 0 Å². The first-order chi connectivity index (χ1) is 5.39. The van der Waals surface area contributed by atoms with Crippen LogP contribution in [0.4, 0.5) is 0 Å². The summed E-state index contributed by atoms with van der Waals surface area (Å²) in [5.41, 5.74) is 0. The third kappa shape index (κ3) is 3.15. The molecule has 0 aromatic carbocycles. The van der Waals surface area contributed by atoms with Crippen molar-refractivity contribution in [3.05, 3.63) is 36.7 Å². The lowest BCUT2D eigenvalue weighted by molar-refractivity contribution is -0.113. The van der Waals surface area contributed by atoms with Gasteiger partial charge in [-0.15, -0.1) is 0 Å². The lowest BCUT2D eigenvalue weighted by Gasteiger charge is -1.62. The molecule has 0 bridgehead atoms. The molecule has 0 spiro atoms. The van der Waals surface area contributed by atoms with E-state index in [1.807, 2.05) is 24.5 Å². The number of carbonyl (C=O) groups excluding carboxylic acids is 1. The Labute approximate surface area is 64.5 Å². The zero-order valence-electron chi connectivity index (χ0n) is 5.90. The molecule has 1 aliphatic heterocycles. The highest BCUT2D eigenvalue weighted by molar-refractivity contribution is 6.03. The van der Waals surface area contributed by atoms with Crippen molar-refractivity contribution in [1.82, 2.24) is 4.98 Å². The molecule has 1 amide bonds. The van der Waals surface area contributed by atoms with Crippen molar-refractivity contribution in [2.24, 2.45) is 4.99 Å². The van der Waals surface area contributed by atoms with Crippen LogP contribution in [-0.4, -0.2) is 17.1 Å². The van der Waals surface area contributed by atoms with E-state index in [-0.39, 0.29) is 5.91 Å². The summed E-state index contributed by atoms with van der Waals surface area (Å²) < 4.78 is 0. The van der Waals surface area contributed by atoms with Crippen molar-refractivity contribution >= 4 is 12.1 Å². The molecule has 2 heterocycles. The van der Waals surface area contributed by atoms with Gasteiger partial charge in [-0.25, -0.2) is 4.99 Å². The number of nitrogens with one attached hydrogen (secondary N) is 1. The van der Waals surface area contributed by atoms with Crippen LogP contribution in [0.15, 0.2) is 41.7 Å². The van der Waals surface area contributed by atoms with Crippen LogP contribution in [0.2, 0.25) is 0 Å². The maximum atomic E-state index is 9.96. The molecule has 0 aliphatic carbocycles. The van der Waals surface area contributed by atoms with Crippen LogP contribution < -0.4 is 0 Å². The molecule has 0 radical (unpaired) electrons. The highest BCUT2D eigenvalue weighted by Crippen LogP contribution is 1.83. The number of H-pyrrole nitrogens is 1. The predicted octanol–water partition coefficient (Wildman–Crippen LogP) is 1.17. The van der Waals surface area contributed by atoms with Crippen LogP contribution >= 0.6 is 0 Å². The van der Waals surface area contributed by atoms with Crippen molar-refractivity contribution in [2.45, 2.75) is 0 Å². The van der Waals surface area contributed by atoms with Crippen molar-refractivity contribution in [1.29, 1.82) is 0 Å². The van der Waals surface area contributed by atoms with Gasteiger partial charge in [-0.1, -0.05) is 0 Å². The molecule has 2 rings (SSSR count). The van der Waals surface area contributed by atoms with Gasteiger partial charge in [-0.05, 0) is 18.2 Å². The van der Waals surface area contributed by atoms with Gasteiger partial charge in [0.2, 0.25) is 0 Å². The van der Waals surface area contributed by atoms with E-state index in [2.05, 4.69) is 9.98 Å². The van der Waals surface area contributed by atoms with Crippen LogP contribution in [0, 0.1) is 0 Å². The fraction of sp³-hybridized carbons (Fsp3) is 0. The smallest absolute Gasteiger partial charge is 0.269 e. The van der Waals surface area contributed by atoms with E-state index < -0.39 is 0 Å². The first-order valence-corrected chi connectivity index (χ1v) is 3.22. The van der Waals surface area contributed by atoms with Crippen LogP contribution in [0.3, 0.4) is 0 Å². The predicted molar refractivity (Wildman–Crippen MR) is 43.4 cm³/mol. The Hall–Kier alpha value is -1.64. The Bertz CT molecular complexity index is 228. The average Bonchev–Trinajstić information content (AvgIpc) is 2.57. The van der Waals surface area contributed by atoms with Crippen LogP contribution in [0.5, 0.6) is 0 Å². The number of amides is 1. The molecule has 1 aliphatic rings. The molecule has 0 atom stereocenters. The molecule has 1 aromatic heterocycles. The first kappa shape index (κ1) is 7.47. The number of nitrogens with zero attached hydrogens (tertiary/aromatic N) is 1. The fourth-order valence-electron chi connectivity index (χ4n) is 0.563. The van der Waals surface area contributed by atoms with E-state index in [9.17, 15) is 4.79 Å². The monoisotopic (exact) mass is 148 g/mol. The standard InChI is InChI=1S/C4H3NO.C4H5N/c6-4-2-1-3-5-4;1-2-4-5-3-1/h1-3H;1-5H. The van der Waals surface area contributed by atoms with Crippen LogP contribution in [0.25, 0.3) is 0 Å². The Morgan fingerprint density at radius 2 is 2.00 bits per heavy atom. The summed E-state index contributed by atoms with van der Waals surface area (Å²) in [7, 11) is 0. The molecular formula is C8H8N2O. The van der Waals surface area contributed by atoms with Gasteiger partial charge in [-0.3, -0.25) is 4.79 Å². The van der Waals surface area contributed by atoms with E-state index >= 15 is 0 Å². The van der Waals surface area contributed by atoms with Gasteiger partial charge in [-0.2, -0.15) is 0 Å². The van der Waals surface area contributed by atoms with E-state index in [0.717, 1.165) is 0 Å². The number of aromatic amines is 1.